The van der Waals surface area contributed by atoms with Crippen LogP contribution in [0.25, 0.3) is 0 Å². The fourth-order valence-electron chi connectivity index (χ4n) is 1.48. The van der Waals surface area contributed by atoms with Crippen molar-refractivity contribution in [2.24, 2.45) is 5.73 Å². The van der Waals surface area contributed by atoms with E-state index in [2.05, 4.69) is 21.2 Å². The number of rotatable bonds is 1. The highest BCUT2D eigenvalue weighted by atomic mass is 79.9. The molecule has 3 nitrogen and oxygen atoms in total. The molecule has 0 bridgehead atoms. The lowest BCUT2D eigenvalue weighted by molar-refractivity contribution is -0.115. The lowest BCUT2D eigenvalue weighted by atomic mass is 10.1. The van der Waals surface area contributed by atoms with Crippen LogP contribution in [0.3, 0.4) is 0 Å². The van der Waals surface area contributed by atoms with Gasteiger partial charge in [-0.1, -0.05) is 6.07 Å². The summed E-state index contributed by atoms with van der Waals surface area (Å²) in [5.41, 5.74) is 8.48. The smallest absolute Gasteiger partial charge is 0.228 e. The van der Waals surface area contributed by atoms with Crippen LogP contribution < -0.4 is 11.1 Å². The van der Waals surface area contributed by atoms with E-state index in [1.54, 1.807) is 0 Å². The van der Waals surface area contributed by atoms with Crippen LogP contribution in [-0.2, 0) is 17.8 Å². The summed E-state index contributed by atoms with van der Waals surface area (Å²) in [5, 5.41) is 2.79. The van der Waals surface area contributed by atoms with Gasteiger partial charge in [-0.2, -0.15) is 0 Å². The van der Waals surface area contributed by atoms with Gasteiger partial charge < -0.3 is 11.1 Å². The van der Waals surface area contributed by atoms with E-state index in [0.717, 1.165) is 21.3 Å². The van der Waals surface area contributed by atoms with E-state index in [1.165, 1.54) is 0 Å². The largest absolute Gasteiger partial charge is 0.326 e. The minimum absolute atomic E-state index is 0.0462. The average molecular weight is 241 g/mol. The number of amides is 1. The van der Waals surface area contributed by atoms with E-state index in [4.69, 9.17) is 5.73 Å². The molecule has 4 heteroatoms. The molecule has 1 aliphatic rings. The number of nitrogens with one attached hydrogen (secondary N) is 1. The van der Waals surface area contributed by atoms with Crippen LogP contribution in [-0.4, -0.2) is 5.91 Å². The molecule has 1 aromatic carbocycles. The summed E-state index contributed by atoms with van der Waals surface area (Å²) in [6.07, 6.45) is 0.460. The van der Waals surface area contributed by atoms with Crippen LogP contribution in [0.4, 0.5) is 5.69 Å². The molecule has 3 N–H and O–H groups in total. The molecule has 0 fully saturated rings. The number of nitrogens with two attached hydrogens (primary N) is 1. The maximum atomic E-state index is 11.1. The average Bonchev–Trinajstić information content (AvgIpc) is 2.46. The van der Waals surface area contributed by atoms with Crippen LogP contribution >= 0.6 is 15.9 Å². The van der Waals surface area contributed by atoms with Crippen molar-refractivity contribution < 1.29 is 4.79 Å². The van der Waals surface area contributed by atoms with Crippen LogP contribution in [0.15, 0.2) is 16.6 Å². The van der Waals surface area contributed by atoms with Crippen molar-refractivity contribution in [1.82, 2.24) is 0 Å². The summed E-state index contributed by atoms with van der Waals surface area (Å²) in [6, 6.07) is 3.91. The predicted molar refractivity (Wildman–Crippen MR) is 54.4 cm³/mol. The Labute approximate surface area is 84.4 Å². The van der Waals surface area contributed by atoms with Crippen molar-refractivity contribution >= 4 is 27.5 Å². The monoisotopic (exact) mass is 240 g/mol. The topological polar surface area (TPSA) is 55.1 Å². The normalized spacial score (nSPS) is 14.2. The summed E-state index contributed by atoms with van der Waals surface area (Å²) in [5.74, 6) is 0.0462. The second-order valence-corrected chi connectivity index (χ2v) is 3.90. The zero-order valence-corrected chi connectivity index (χ0v) is 8.52. The summed E-state index contributed by atoms with van der Waals surface area (Å²) >= 11 is 3.40. The SMILES string of the molecule is NCc1cc(Br)c2c(c1)CC(=O)N2. The Morgan fingerprint density at radius 1 is 1.54 bits per heavy atom. The molecule has 0 radical (unpaired) electrons. The molecule has 13 heavy (non-hydrogen) atoms. The Kier molecular flexibility index (Phi) is 2.09. The molecule has 1 amide bonds. The molecular weight excluding hydrogens is 232 g/mol. The third-order valence-corrected chi connectivity index (χ3v) is 2.71. The lowest BCUT2D eigenvalue weighted by Crippen LogP contribution is -2.03. The lowest BCUT2D eigenvalue weighted by Gasteiger charge is -2.04. The number of carbonyl (C=O) groups is 1. The van der Waals surface area contributed by atoms with Gasteiger partial charge in [-0.25, -0.2) is 0 Å². The number of carbonyl (C=O) groups excluding carboxylic acids is 1. The highest BCUT2D eigenvalue weighted by molar-refractivity contribution is 9.10. The van der Waals surface area contributed by atoms with Gasteiger partial charge in [0.25, 0.3) is 0 Å². The van der Waals surface area contributed by atoms with Crippen molar-refractivity contribution in [3.05, 3.63) is 27.7 Å². The molecule has 0 unspecified atom stereocenters. The Hall–Kier alpha value is -0.870. The number of anilines is 1. The van der Waals surface area contributed by atoms with E-state index in [1.807, 2.05) is 12.1 Å². The predicted octanol–water partition coefficient (Wildman–Crippen LogP) is 1.40. The maximum Gasteiger partial charge on any atom is 0.228 e. The number of fused-ring (bicyclic) bond motifs is 1. The van der Waals surface area contributed by atoms with Gasteiger partial charge in [-0.15, -0.1) is 0 Å². The van der Waals surface area contributed by atoms with Gasteiger partial charge in [0.1, 0.15) is 0 Å². The van der Waals surface area contributed by atoms with Crippen molar-refractivity contribution in [2.75, 3.05) is 5.32 Å². The standard InChI is InChI=1S/C9H9BrN2O/c10-7-2-5(4-11)1-6-3-8(13)12-9(6)7/h1-2H,3-4,11H2,(H,12,13). The zero-order valence-electron chi connectivity index (χ0n) is 6.93. The number of benzene rings is 1. The van der Waals surface area contributed by atoms with Gasteiger partial charge in [0.2, 0.25) is 5.91 Å². The summed E-state index contributed by atoms with van der Waals surface area (Å²) in [6.45, 7) is 0.500. The van der Waals surface area contributed by atoms with E-state index < -0.39 is 0 Å². The maximum absolute atomic E-state index is 11.1. The first-order valence-corrected chi connectivity index (χ1v) is 4.81. The summed E-state index contributed by atoms with van der Waals surface area (Å²) in [7, 11) is 0. The van der Waals surface area contributed by atoms with E-state index in [9.17, 15) is 4.79 Å². The number of hydrogen-bond donors (Lipinski definition) is 2. The van der Waals surface area contributed by atoms with Gasteiger partial charge in [-0.05, 0) is 33.1 Å². The third-order valence-electron chi connectivity index (χ3n) is 2.08. The van der Waals surface area contributed by atoms with Crippen molar-refractivity contribution in [3.8, 4) is 0 Å². The second-order valence-electron chi connectivity index (χ2n) is 3.04. The highest BCUT2D eigenvalue weighted by Gasteiger charge is 2.20. The fourth-order valence-corrected chi connectivity index (χ4v) is 2.13. The van der Waals surface area contributed by atoms with Crippen LogP contribution in [0.1, 0.15) is 11.1 Å². The first-order chi connectivity index (χ1) is 6.20. The van der Waals surface area contributed by atoms with E-state index in [0.29, 0.717) is 13.0 Å². The molecule has 1 aromatic rings. The Morgan fingerprint density at radius 2 is 2.31 bits per heavy atom. The molecule has 1 aliphatic heterocycles. The second kappa shape index (κ2) is 3.12. The van der Waals surface area contributed by atoms with Crippen LogP contribution in [0, 0.1) is 0 Å². The van der Waals surface area contributed by atoms with E-state index >= 15 is 0 Å². The van der Waals surface area contributed by atoms with Crippen molar-refractivity contribution in [2.45, 2.75) is 13.0 Å². The minimum atomic E-state index is 0.0462. The first kappa shape index (κ1) is 8.72. The number of hydrogen-bond acceptors (Lipinski definition) is 2. The van der Waals surface area contributed by atoms with Crippen LogP contribution in [0.2, 0.25) is 0 Å². The van der Waals surface area contributed by atoms with Crippen LogP contribution in [0.5, 0.6) is 0 Å². The van der Waals surface area contributed by atoms with E-state index in [-0.39, 0.29) is 5.91 Å². The molecule has 0 aromatic heterocycles. The minimum Gasteiger partial charge on any atom is -0.326 e. The quantitative estimate of drug-likeness (QED) is 0.780. The third kappa shape index (κ3) is 1.47. The van der Waals surface area contributed by atoms with Crippen molar-refractivity contribution in [1.29, 1.82) is 0 Å². The summed E-state index contributed by atoms with van der Waals surface area (Å²) in [4.78, 5) is 11.1. The van der Waals surface area contributed by atoms with Gasteiger partial charge in [-0.3, -0.25) is 4.79 Å². The molecular formula is C9H9BrN2O. The number of halogens is 1. The summed E-state index contributed by atoms with van der Waals surface area (Å²) < 4.78 is 0.913. The molecule has 0 saturated carbocycles. The fraction of sp³-hybridized carbons (Fsp3) is 0.222. The first-order valence-electron chi connectivity index (χ1n) is 4.02. The molecule has 2 rings (SSSR count). The molecule has 0 saturated heterocycles. The van der Waals surface area contributed by atoms with Gasteiger partial charge in [0, 0.05) is 11.0 Å². The molecule has 0 spiro atoms. The molecule has 0 atom stereocenters. The molecule has 68 valence electrons. The van der Waals surface area contributed by atoms with Crippen molar-refractivity contribution in [3.63, 3.8) is 0 Å². The van der Waals surface area contributed by atoms with Gasteiger partial charge in [0.15, 0.2) is 0 Å². The molecule has 1 heterocycles. The van der Waals surface area contributed by atoms with Gasteiger partial charge in [0.05, 0.1) is 12.1 Å². The highest BCUT2D eigenvalue weighted by Crippen LogP contribution is 2.32. The zero-order chi connectivity index (χ0) is 9.42. The Balaban J connectivity index is 2.52. The Bertz CT molecular complexity index is 376. The molecule has 0 aliphatic carbocycles. The Morgan fingerprint density at radius 3 is 3.00 bits per heavy atom. The van der Waals surface area contributed by atoms with Gasteiger partial charge >= 0.3 is 0 Å².